The minimum absolute atomic E-state index is 0.0168. The fraction of sp³-hybridized carbons (Fsp3) is 0.316. The van der Waals surface area contributed by atoms with Gasteiger partial charge in [-0.05, 0) is 36.8 Å². The van der Waals surface area contributed by atoms with Gasteiger partial charge >= 0.3 is 0 Å². The van der Waals surface area contributed by atoms with Crippen molar-refractivity contribution in [1.82, 2.24) is 0 Å². The Bertz CT molecular complexity index is 782. The summed E-state index contributed by atoms with van der Waals surface area (Å²) in [4.78, 5) is 12.6. The van der Waals surface area contributed by atoms with Crippen LogP contribution in [-0.4, -0.2) is 27.1 Å². The predicted molar refractivity (Wildman–Crippen MR) is 89.4 cm³/mol. The van der Waals surface area contributed by atoms with Crippen molar-refractivity contribution >= 4 is 5.78 Å². The molecule has 5 heteroatoms. The van der Waals surface area contributed by atoms with Crippen LogP contribution in [-0.2, 0) is 11.2 Å². The lowest BCUT2D eigenvalue weighted by atomic mass is 9.94. The van der Waals surface area contributed by atoms with Crippen LogP contribution in [0.15, 0.2) is 30.3 Å². The Kier molecular flexibility index (Phi) is 4.34. The molecule has 0 fully saturated rings. The second kappa shape index (κ2) is 6.43. The van der Waals surface area contributed by atoms with Crippen LogP contribution >= 0.6 is 0 Å². The number of rotatable bonds is 4. The molecule has 0 spiro atoms. The molecule has 0 saturated heterocycles. The topological polar surface area (TPSA) is 54.0 Å². The van der Waals surface area contributed by atoms with Crippen LogP contribution in [0, 0.1) is 6.92 Å². The van der Waals surface area contributed by atoms with E-state index in [2.05, 4.69) is 0 Å². The number of hydrogen-bond donors (Lipinski definition) is 0. The summed E-state index contributed by atoms with van der Waals surface area (Å²) in [7, 11) is 4.74. The van der Waals surface area contributed by atoms with E-state index in [4.69, 9.17) is 18.9 Å². The van der Waals surface area contributed by atoms with E-state index in [-0.39, 0.29) is 12.2 Å². The van der Waals surface area contributed by atoms with Gasteiger partial charge in [0.15, 0.2) is 23.4 Å². The van der Waals surface area contributed by atoms with Crippen molar-refractivity contribution in [2.24, 2.45) is 0 Å². The number of carbonyl (C=O) groups excluding carboxylic acids is 1. The average molecular weight is 328 g/mol. The van der Waals surface area contributed by atoms with E-state index >= 15 is 0 Å². The van der Waals surface area contributed by atoms with E-state index < -0.39 is 6.10 Å². The third kappa shape index (κ3) is 2.77. The monoisotopic (exact) mass is 328 g/mol. The second-order valence-electron chi connectivity index (χ2n) is 5.70. The van der Waals surface area contributed by atoms with Crippen LogP contribution < -0.4 is 18.9 Å². The van der Waals surface area contributed by atoms with Gasteiger partial charge in [0.05, 0.1) is 21.3 Å². The highest BCUT2D eigenvalue weighted by molar-refractivity contribution is 5.89. The number of benzene rings is 2. The van der Waals surface area contributed by atoms with Gasteiger partial charge in [-0.1, -0.05) is 6.07 Å². The largest absolute Gasteiger partial charge is 0.496 e. The standard InChI is InChI=1S/C19H20O5/c1-11-7-16(22-3)13-10-14(20)19(24-17(13)8-11)12-5-6-15(21-2)18(9-12)23-4/h5-9,19H,10H2,1-4H3/t19-/m1/s1. The van der Waals surface area contributed by atoms with Crippen molar-refractivity contribution < 1.29 is 23.7 Å². The van der Waals surface area contributed by atoms with E-state index in [0.717, 1.165) is 16.7 Å². The predicted octanol–water partition coefficient (Wildman–Crippen LogP) is 3.27. The number of Topliss-reactive ketones (excluding diaryl/α,β-unsaturated/α-hetero) is 1. The molecule has 126 valence electrons. The van der Waals surface area contributed by atoms with Crippen LogP contribution in [0.3, 0.4) is 0 Å². The van der Waals surface area contributed by atoms with E-state index in [1.165, 1.54) is 0 Å². The van der Waals surface area contributed by atoms with Gasteiger partial charge < -0.3 is 18.9 Å². The zero-order valence-electron chi connectivity index (χ0n) is 14.2. The molecule has 0 saturated carbocycles. The number of hydrogen-bond acceptors (Lipinski definition) is 5. The molecule has 0 amide bonds. The maximum Gasteiger partial charge on any atom is 0.182 e. The normalized spacial score (nSPS) is 16.2. The number of fused-ring (bicyclic) bond motifs is 1. The third-order valence-electron chi connectivity index (χ3n) is 4.13. The van der Waals surface area contributed by atoms with Crippen LogP contribution in [0.5, 0.6) is 23.0 Å². The smallest absolute Gasteiger partial charge is 0.182 e. The van der Waals surface area contributed by atoms with Crippen molar-refractivity contribution in [2.45, 2.75) is 19.4 Å². The van der Waals surface area contributed by atoms with Crippen LogP contribution in [0.25, 0.3) is 0 Å². The summed E-state index contributed by atoms with van der Waals surface area (Å²) in [6, 6.07) is 9.21. The van der Waals surface area contributed by atoms with Crippen LogP contribution in [0.1, 0.15) is 22.8 Å². The Morgan fingerprint density at radius 3 is 2.33 bits per heavy atom. The van der Waals surface area contributed by atoms with Gasteiger partial charge in [-0.25, -0.2) is 0 Å². The zero-order valence-corrected chi connectivity index (χ0v) is 14.2. The van der Waals surface area contributed by atoms with E-state index in [0.29, 0.717) is 23.0 Å². The van der Waals surface area contributed by atoms with Crippen LogP contribution in [0.4, 0.5) is 0 Å². The SMILES string of the molecule is COc1ccc([C@H]2Oc3cc(C)cc(OC)c3CC2=O)cc1OC. The summed E-state index contributed by atoms with van der Waals surface area (Å²) in [6.45, 7) is 1.97. The molecular weight excluding hydrogens is 308 g/mol. The number of aryl methyl sites for hydroxylation is 1. The first-order valence-electron chi connectivity index (χ1n) is 7.66. The molecule has 0 aromatic heterocycles. The van der Waals surface area contributed by atoms with E-state index in [1.807, 2.05) is 25.1 Å². The lowest BCUT2D eigenvalue weighted by Crippen LogP contribution is -2.26. The van der Waals surface area contributed by atoms with Crippen molar-refractivity contribution in [2.75, 3.05) is 21.3 Å². The Balaban J connectivity index is 2.00. The number of ether oxygens (including phenoxy) is 4. The van der Waals surface area contributed by atoms with Crippen molar-refractivity contribution in [3.8, 4) is 23.0 Å². The first-order valence-corrected chi connectivity index (χ1v) is 7.66. The maximum atomic E-state index is 12.6. The molecule has 1 aliphatic heterocycles. The summed E-state index contributed by atoms with van der Waals surface area (Å²) in [5.41, 5.74) is 2.56. The number of carbonyl (C=O) groups is 1. The summed E-state index contributed by atoms with van der Waals surface area (Å²) in [5.74, 6) is 2.54. The summed E-state index contributed by atoms with van der Waals surface area (Å²) in [5, 5.41) is 0. The highest BCUT2D eigenvalue weighted by atomic mass is 16.5. The van der Waals surface area contributed by atoms with Gasteiger partial charge in [0.25, 0.3) is 0 Å². The summed E-state index contributed by atoms with van der Waals surface area (Å²) >= 11 is 0. The first kappa shape index (κ1) is 16.2. The second-order valence-corrected chi connectivity index (χ2v) is 5.70. The Morgan fingerprint density at radius 1 is 0.958 bits per heavy atom. The lowest BCUT2D eigenvalue weighted by molar-refractivity contribution is -0.126. The third-order valence-corrected chi connectivity index (χ3v) is 4.13. The minimum atomic E-state index is -0.663. The molecule has 24 heavy (non-hydrogen) atoms. The molecule has 2 aromatic rings. The van der Waals surface area contributed by atoms with Crippen molar-refractivity contribution in [3.63, 3.8) is 0 Å². The molecule has 1 aliphatic rings. The molecule has 0 unspecified atom stereocenters. The molecule has 0 radical (unpaired) electrons. The fourth-order valence-corrected chi connectivity index (χ4v) is 2.94. The lowest BCUT2D eigenvalue weighted by Gasteiger charge is -2.27. The minimum Gasteiger partial charge on any atom is -0.496 e. The highest BCUT2D eigenvalue weighted by Crippen LogP contribution is 2.40. The van der Waals surface area contributed by atoms with Gasteiger partial charge in [-0.2, -0.15) is 0 Å². The molecule has 0 N–H and O–H groups in total. The summed E-state index contributed by atoms with van der Waals surface area (Å²) in [6.07, 6.45) is -0.388. The van der Waals surface area contributed by atoms with Crippen LogP contribution in [0.2, 0.25) is 0 Å². The van der Waals surface area contributed by atoms with E-state index in [1.54, 1.807) is 33.5 Å². The molecule has 2 aromatic carbocycles. The molecule has 5 nitrogen and oxygen atoms in total. The summed E-state index contributed by atoms with van der Waals surface area (Å²) < 4.78 is 21.9. The molecule has 0 bridgehead atoms. The van der Waals surface area contributed by atoms with Crippen molar-refractivity contribution in [3.05, 3.63) is 47.0 Å². The molecular formula is C19H20O5. The first-order chi connectivity index (χ1) is 11.6. The van der Waals surface area contributed by atoms with Crippen molar-refractivity contribution in [1.29, 1.82) is 0 Å². The molecule has 0 aliphatic carbocycles. The molecule has 1 heterocycles. The Hall–Kier alpha value is -2.69. The van der Waals surface area contributed by atoms with Gasteiger partial charge in [0.1, 0.15) is 11.5 Å². The maximum absolute atomic E-state index is 12.6. The van der Waals surface area contributed by atoms with Gasteiger partial charge in [0, 0.05) is 17.5 Å². The molecule has 3 rings (SSSR count). The van der Waals surface area contributed by atoms with Gasteiger partial charge in [-0.15, -0.1) is 0 Å². The Morgan fingerprint density at radius 2 is 1.67 bits per heavy atom. The number of ketones is 1. The fourth-order valence-electron chi connectivity index (χ4n) is 2.94. The van der Waals surface area contributed by atoms with E-state index in [9.17, 15) is 4.79 Å². The molecule has 1 atom stereocenters. The zero-order chi connectivity index (χ0) is 17.3. The average Bonchev–Trinajstić information content (AvgIpc) is 2.60. The Labute approximate surface area is 141 Å². The number of methoxy groups -OCH3 is 3. The highest BCUT2D eigenvalue weighted by Gasteiger charge is 2.32. The quantitative estimate of drug-likeness (QED) is 0.862. The van der Waals surface area contributed by atoms with Gasteiger partial charge in [-0.3, -0.25) is 4.79 Å². The van der Waals surface area contributed by atoms with Gasteiger partial charge in [0.2, 0.25) is 0 Å².